The zero-order chi connectivity index (χ0) is 21.9. The number of carboxylic acids is 1. The van der Waals surface area contributed by atoms with Crippen LogP contribution in [0.5, 0.6) is 0 Å². The Labute approximate surface area is 185 Å². The normalized spacial score (nSPS) is 11.1. The van der Waals surface area contributed by atoms with E-state index >= 15 is 0 Å². The molecule has 0 radical (unpaired) electrons. The molecule has 0 aliphatic heterocycles. The molecule has 0 saturated heterocycles. The van der Waals surface area contributed by atoms with Crippen molar-refractivity contribution in [2.24, 2.45) is 0 Å². The maximum absolute atomic E-state index is 12.5. The summed E-state index contributed by atoms with van der Waals surface area (Å²) in [7, 11) is -4.08. The van der Waals surface area contributed by atoms with Crippen LogP contribution in [0.3, 0.4) is 0 Å². The number of alkyl halides is 1. The first-order chi connectivity index (χ1) is 14.2. The molecule has 0 fully saturated rings. The van der Waals surface area contributed by atoms with Gasteiger partial charge in [-0.15, -0.1) is 11.6 Å². The monoisotopic (exact) mass is 512 g/mol. The Morgan fingerprint density at radius 3 is 2.40 bits per heavy atom. The van der Waals surface area contributed by atoms with Crippen LogP contribution in [0.4, 0.5) is 11.4 Å². The lowest BCUT2D eigenvalue weighted by Gasteiger charge is -2.08. The highest BCUT2D eigenvalue weighted by Gasteiger charge is 2.22. The third-order valence-electron chi connectivity index (χ3n) is 3.89. The standard InChI is InChI=1S/C19H14BrClN2O6S/c20-12-3-6-15(14(9-12)19(25)26)22-18(24)16-7-8-17(29-16)30(27,28)23-13-4-1-11(10-21)2-5-13/h1-9,23H,10H2,(H,22,24)(H,25,26). The topological polar surface area (TPSA) is 126 Å². The molecule has 0 aliphatic rings. The fourth-order valence-corrected chi connectivity index (χ4v) is 3.97. The summed E-state index contributed by atoms with van der Waals surface area (Å²) in [4.78, 5) is 23.8. The van der Waals surface area contributed by atoms with Crippen LogP contribution in [0.15, 0.2) is 68.6 Å². The first-order valence-electron chi connectivity index (χ1n) is 8.31. The summed E-state index contributed by atoms with van der Waals surface area (Å²) in [6.07, 6.45) is 0. The number of nitrogens with one attached hydrogen (secondary N) is 2. The van der Waals surface area contributed by atoms with Crippen molar-refractivity contribution in [3.8, 4) is 0 Å². The minimum Gasteiger partial charge on any atom is -0.478 e. The number of carbonyl (C=O) groups is 2. The maximum atomic E-state index is 12.5. The second kappa shape index (κ2) is 8.90. The molecule has 8 nitrogen and oxygen atoms in total. The molecule has 1 amide bonds. The van der Waals surface area contributed by atoms with E-state index in [4.69, 9.17) is 16.0 Å². The Balaban J connectivity index is 1.78. The molecule has 0 saturated carbocycles. The van der Waals surface area contributed by atoms with E-state index in [2.05, 4.69) is 26.0 Å². The fraction of sp³-hybridized carbons (Fsp3) is 0.0526. The third-order valence-corrected chi connectivity index (χ3v) is 5.95. The van der Waals surface area contributed by atoms with Crippen LogP contribution in [-0.2, 0) is 15.9 Å². The fourth-order valence-electron chi connectivity index (χ4n) is 2.44. The molecule has 156 valence electrons. The van der Waals surface area contributed by atoms with Crippen LogP contribution in [0.2, 0.25) is 0 Å². The molecule has 0 atom stereocenters. The number of carboxylic acid groups (broad SMARTS) is 1. The number of amides is 1. The Kier molecular flexibility index (Phi) is 6.49. The van der Waals surface area contributed by atoms with Crippen LogP contribution in [0.1, 0.15) is 26.5 Å². The molecule has 30 heavy (non-hydrogen) atoms. The van der Waals surface area contributed by atoms with Gasteiger partial charge in [-0.2, -0.15) is 8.42 Å². The summed E-state index contributed by atoms with van der Waals surface area (Å²) < 4.78 is 33.0. The quantitative estimate of drug-likeness (QED) is 0.399. The average molecular weight is 514 g/mol. The zero-order valence-corrected chi connectivity index (χ0v) is 18.2. The molecule has 2 aromatic carbocycles. The Morgan fingerprint density at radius 1 is 1.07 bits per heavy atom. The van der Waals surface area contributed by atoms with Crippen molar-refractivity contribution < 1.29 is 27.5 Å². The SMILES string of the molecule is O=C(Nc1ccc(Br)cc1C(=O)O)c1ccc(S(=O)(=O)Nc2ccc(CCl)cc2)o1. The van der Waals surface area contributed by atoms with Gasteiger partial charge in [0.2, 0.25) is 5.09 Å². The summed E-state index contributed by atoms with van der Waals surface area (Å²) >= 11 is 8.87. The van der Waals surface area contributed by atoms with E-state index in [1.54, 1.807) is 30.3 Å². The van der Waals surface area contributed by atoms with Gasteiger partial charge < -0.3 is 14.8 Å². The lowest BCUT2D eigenvalue weighted by atomic mass is 10.2. The van der Waals surface area contributed by atoms with E-state index in [1.165, 1.54) is 18.2 Å². The highest BCUT2D eigenvalue weighted by Crippen LogP contribution is 2.23. The van der Waals surface area contributed by atoms with Gasteiger partial charge >= 0.3 is 5.97 Å². The van der Waals surface area contributed by atoms with E-state index in [0.717, 1.165) is 11.6 Å². The predicted molar refractivity (Wildman–Crippen MR) is 115 cm³/mol. The molecular weight excluding hydrogens is 500 g/mol. The number of anilines is 2. The average Bonchev–Trinajstić information content (AvgIpc) is 3.21. The lowest BCUT2D eigenvalue weighted by molar-refractivity contribution is 0.0698. The third kappa shape index (κ3) is 5.02. The summed E-state index contributed by atoms with van der Waals surface area (Å²) in [6, 6.07) is 13.0. The lowest BCUT2D eigenvalue weighted by Crippen LogP contribution is -2.15. The zero-order valence-electron chi connectivity index (χ0n) is 15.1. The molecule has 11 heteroatoms. The van der Waals surface area contributed by atoms with Crippen LogP contribution < -0.4 is 10.0 Å². The van der Waals surface area contributed by atoms with Gasteiger partial charge in [-0.1, -0.05) is 28.1 Å². The molecule has 3 rings (SSSR count). The van der Waals surface area contributed by atoms with E-state index in [1.807, 2.05) is 0 Å². The summed E-state index contributed by atoms with van der Waals surface area (Å²) in [6.45, 7) is 0. The number of furan rings is 1. The highest BCUT2D eigenvalue weighted by atomic mass is 79.9. The van der Waals surface area contributed by atoms with Crippen LogP contribution in [-0.4, -0.2) is 25.4 Å². The van der Waals surface area contributed by atoms with Gasteiger partial charge in [-0.25, -0.2) is 4.79 Å². The van der Waals surface area contributed by atoms with Crippen molar-refractivity contribution in [1.82, 2.24) is 0 Å². The van der Waals surface area contributed by atoms with Crippen molar-refractivity contribution in [3.05, 3.63) is 76.0 Å². The first-order valence-corrected chi connectivity index (χ1v) is 11.1. The van der Waals surface area contributed by atoms with Gasteiger partial charge in [0.25, 0.3) is 15.9 Å². The van der Waals surface area contributed by atoms with Crippen molar-refractivity contribution >= 4 is 60.8 Å². The van der Waals surface area contributed by atoms with Crippen molar-refractivity contribution in [3.63, 3.8) is 0 Å². The minimum absolute atomic E-state index is 0.0361. The van der Waals surface area contributed by atoms with Crippen molar-refractivity contribution in [2.75, 3.05) is 10.0 Å². The minimum atomic E-state index is -4.08. The number of rotatable bonds is 7. The van der Waals surface area contributed by atoms with Crippen LogP contribution in [0, 0.1) is 0 Å². The van der Waals surface area contributed by atoms with Crippen LogP contribution >= 0.6 is 27.5 Å². The highest BCUT2D eigenvalue weighted by molar-refractivity contribution is 9.10. The first kappa shape index (κ1) is 21.9. The number of halogens is 2. The van der Waals surface area contributed by atoms with Crippen molar-refractivity contribution in [2.45, 2.75) is 11.0 Å². The molecule has 0 spiro atoms. The largest absolute Gasteiger partial charge is 0.478 e. The molecule has 3 N–H and O–H groups in total. The van der Waals surface area contributed by atoms with Gasteiger partial charge in [0.1, 0.15) is 0 Å². The molecule has 3 aromatic rings. The van der Waals surface area contributed by atoms with Gasteiger partial charge in [0.05, 0.1) is 11.3 Å². The number of carbonyl (C=O) groups excluding carboxylic acids is 1. The molecule has 0 aliphatic carbocycles. The molecule has 0 unspecified atom stereocenters. The molecular formula is C19H14BrClN2O6S. The Morgan fingerprint density at radius 2 is 1.77 bits per heavy atom. The summed E-state index contributed by atoms with van der Waals surface area (Å²) in [5, 5.41) is 11.2. The molecule has 1 aromatic heterocycles. The van der Waals surface area contributed by atoms with Gasteiger partial charge in [-0.05, 0) is 48.0 Å². The van der Waals surface area contributed by atoms with Gasteiger partial charge in [-0.3, -0.25) is 9.52 Å². The number of benzene rings is 2. The van der Waals surface area contributed by atoms with Crippen molar-refractivity contribution in [1.29, 1.82) is 0 Å². The second-order valence-corrected chi connectivity index (χ2v) is 8.80. The maximum Gasteiger partial charge on any atom is 0.337 e. The smallest absolute Gasteiger partial charge is 0.337 e. The molecule has 1 heterocycles. The van der Waals surface area contributed by atoms with Gasteiger partial charge in [0.15, 0.2) is 5.76 Å². The number of sulfonamides is 1. The van der Waals surface area contributed by atoms with E-state index in [0.29, 0.717) is 16.0 Å². The Hall–Kier alpha value is -2.82. The van der Waals surface area contributed by atoms with Crippen LogP contribution in [0.25, 0.3) is 0 Å². The summed E-state index contributed by atoms with van der Waals surface area (Å²) in [5.41, 5.74) is 1.02. The van der Waals surface area contributed by atoms with E-state index < -0.39 is 27.0 Å². The molecule has 0 bridgehead atoms. The second-order valence-electron chi connectivity index (χ2n) is 6.00. The Bertz CT molecular complexity index is 1210. The van der Waals surface area contributed by atoms with E-state index in [-0.39, 0.29) is 17.0 Å². The summed E-state index contributed by atoms with van der Waals surface area (Å²) in [5.74, 6) is -2.04. The number of hydrogen-bond donors (Lipinski definition) is 3. The predicted octanol–water partition coefficient (Wildman–Crippen LogP) is 4.53. The number of aromatic carboxylic acids is 1. The van der Waals surface area contributed by atoms with Gasteiger partial charge in [0, 0.05) is 16.0 Å². The van der Waals surface area contributed by atoms with E-state index in [9.17, 15) is 23.1 Å². The number of hydrogen-bond acceptors (Lipinski definition) is 5.